The molecule has 5 atom stereocenters. The van der Waals surface area contributed by atoms with Crippen molar-refractivity contribution in [3.8, 4) is 0 Å². The maximum Gasteiger partial charge on any atom is 0.247 e. The number of anilines is 1. The van der Waals surface area contributed by atoms with Gasteiger partial charge in [-0.25, -0.2) is 0 Å². The molecule has 1 spiro atoms. The molecule has 0 radical (unpaired) electrons. The minimum Gasteiger partial charge on any atom is -0.396 e. The van der Waals surface area contributed by atoms with Crippen LogP contribution < -0.4 is 4.90 Å². The lowest BCUT2D eigenvalue weighted by Crippen LogP contribution is -2.55. The molecule has 1 aromatic rings. The molecule has 3 aliphatic heterocycles. The zero-order valence-electron chi connectivity index (χ0n) is 24.8. The van der Waals surface area contributed by atoms with Gasteiger partial charge in [-0.1, -0.05) is 50.1 Å². The monoisotopic (exact) mass is 581 g/mol. The van der Waals surface area contributed by atoms with E-state index in [4.69, 9.17) is 0 Å². The molecular weight excluding hydrogens is 534 g/mol. The highest BCUT2D eigenvalue weighted by molar-refractivity contribution is 8.02. The molecule has 8 heteroatoms. The van der Waals surface area contributed by atoms with Crippen molar-refractivity contribution in [2.24, 2.45) is 11.8 Å². The average Bonchev–Trinajstić information content (AvgIpc) is 3.54. The zero-order chi connectivity index (χ0) is 29.6. The molecule has 3 fully saturated rings. The van der Waals surface area contributed by atoms with Gasteiger partial charge in [-0.3, -0.25) is 14.4 Å². The average molecular weight is 582 g/mol. The molecule has 0 aromatic heterocycles. The number of carbonyl (C=O) groups excluding carboxylic acids is 3. The quantitative estimate of drug-likeness (QED) is 0.218. The van der Waals surface area contributed by atoms with Crippen LogP contribution in [0.15, 0.2) is 55.6 Å². The maximum absolute atomic E-state index is 14.5. The highest BCUT2D eigenvalue weighted by atomic mass is 32.2. The molecule has 2 bridgehead atoms. The standard InChI is InChI=1S/C33H47N3O4S/c1-5-8-13-22-34(20-6-2)31(40)28-33-19-18-32(4,41-33)26(27(33)30(39)36(28)23-14-10-15-24-37)29(38)35(21-7-3)25-16-11-9-12-17-25/h6-7,9,11-12,16-17,26-28,37H,2-3,5,8,10,13-15,18-24H2,1,4H3/t26-,27+,28?,32+,33?/m1/s1. The highest BCUT2D eigenvalue weighted by Crippen LogP contribution is 2.71. The Kier molecular flexibility index (Phi) is 10.4. The van der Waals surface area contributed by atoms with E-state index in [1.165, 1.54) is 0 Å². The molecule has 1 aromatic carbocycles. The van der Waals surface area contributed by atoms with E-state index in [-0.39, 0.29) is 24.3 Å². The summed E-state index contributed by atoms with van der Waals surface area (Å²) in [5, 5.41) is 9.31. The van der Waals surface area contributed by atoms with Crippen molar-refractivity contribution < 1.29 is 19.5 Å². The van der Waals surface area contributed by atoms with Crippen LogP contribution in [-0.4, -0.2) is 80.9 Å². The van der Waals surface area contributed by atoms with E-state index in [0.717, 1.165) is 44.2 Å². The van der Waals surface area contributed by atoms with Crippen LogP contribution in [0.4, 0.5) is 5.69 Å². The Labute approximate surface area is 250 Å². The number of aliphatic hydroxyl groups excluding tert-OH is 1. The molecule has 3 aliphatic rings. The third-order valence-corrected chi connectivity index (χ3v) is 11.2. The first-order chi connectivity index (χ1) is 19.8. The van der Waals surface area contributed by atoms with E-state index in [2.05, 4.69) is 27.0 Å². The normalized spacial score (nSPS) is 28.0. The minimum absolute atomic E-state index is 0.0186. The van der Waals surface area contributed by atoms with E-state index < -0.39 is 27.4 Å². The number of hydrogen-bond donors (Lipinski definition) is 1. The maximum atomic E-state index is 14.5. The number of amides is 3. The van der Waals surface area contributed by atoms with Gasteiger partial charge in [0.25, 0.3) is 0 Å². The molecular formula is C33H47N3O4S. The third-order valence-electron chi connectivity index (χ3n) is 9.17. The summed E-state index contributed by atoms with van der Waals surface area (Å²) < 4.78 is -1.07. The Morgan fingerprint density at radius 2 is 1.78 bits per heavy atom. The molecule has 0 saturated carbocycles. The first-order valence-corrected chi connectivity index (χ1v) is 16.1. The fourth-order valence-corrected chi connectivity index (χ4v) is 9.64. The van der Waals surface area contributed by atoms with Crippen molar-refractivity contribution >= 4 is 35.2 Å². The van der Waals surface area contributed by atoms with Crippen LogP contribution in [0.5, 0.6) is 0 Å². The number of aliphatic hydroxyl groups is 1. The van der Waals surface area contributed by atoms with Crippen LogP contribution in [-0.2, 0) is 14.4 Å². The Morgan fingerprint density at radius 1 is 1.05 bits per heavy atom. The van der Waals surface area contributed by atoms with Crippen molar-refractivity contribution in [2.75, 3.05) is 37.7 Å². The van der Waals surface area contributed by atoms with E-state index in [9.17, 15) is 19.5 Å². The Balaban J connectivity index is 1.73. The smallest absolute Gasteiger partial charge is 0.247 e. The molecule has 3 heterocycles. The number of nitrogens with zero attached hydrogens (tertiary/aromatic N) is 3. The predicted octanol–water partition coefficient (Wildman–Crippen LogP) is 5.05. The predicted molar refractivity (Wildman–Crippen MR) is 167 cm³/mol. The number of carbonyl (C=O) groups is 3. The van der Waals surface area contributed by atoms with Gasteiger partial charge >= 0.3 is 0 Å². The summed E-state index contributed by atoms with van der Waals surface area (Å²) in [7, 11) is 0. The lowest BCUT2D eigenvalue weighted by atomic mass is 9.66. The number of para-hydroxylation sites is 1. The summed E-state index contributed by atoms with van der Waals surface area (Å²) in [4.78, 5) is 48.8. The summed E-state index contributed by atoms with van der Waals surface area (Å²) >= 11 is 1.72. The van der Waals surface area contributed by atoms with Gasteiger partial charge in [-0.05, 0) is 57.6 Å². The van der Waals surface area contributed by atoms with Crippen molar-refractivity contribution in [2.45, 2.75) is 80.7 Å². The number of rotatable bonds is 16. The molecule has 7 nitrogen and oxygen atoms in total. The fraction of sp³-hybridized carbons (Fsp3) is 0.606. The second kappa shape index (κ2) is 13.6. The SMILES string of the molecule is C=CCN(CCCCC)C(=O)C1N(CCCCCO)C(=O)[C@@H]2[C@H](C(=O)N(CC=C)c3ccccc3)[C@]3(C)CCC12S3. The molecule has 1 N–H and O–H groups in total. The molecule has 224 valence electrons. The molecule has 3 amide bonds. The Bertz CT molecular complexity index is 1110. The molecule has 41 heavy (non-hydrogen) atoms. The van der Waals surface area contributed by atoms with Crippen LogP contribution in [0.1, 0.15) is 65.2 Å². The van der Waals surface area contributed by atoms with Gasteiger partial charge in [0.05, 0.1) is 16.6 Å². The van der Waals surface area contributed by atoms with Gasteiger partial charge < -0.3 is 19.8 Å². The summed E-state index contributed by atoms with van der Waals surface area (Å²) in [6, 6.07) is 8.97. The van der Waals surface area contributed by atoms with E-state index in [1.54, 1.807) is 33.7 Å². The Hall–Kier alpha value is -2.58. The number of benzene rings is 1. The minimum atomic E-state index is -0.638. The molecule has 2 unspecified atom stereocenters. The van der Waals surface area contributed by atoms with Gasteiger partial charge in [-0.15, -0.1) is 24.9 Å². The lowest BCUT2D eigenvalue weighted by Gasteiger charge is -2.38. The number of likely N-dealkylation sites (tertiary alicyclic amines) is 1. The third kappa shape index (κ3) is 5.87. The Morgan fingerprint density at radius 3 is 2.44 bits per heavy atom. The highest BCUT2D eigenvalue weighted by Gasteiger charge is 2.77. The fourth-order valence-electron chi connectivity index (χ4n) is 7.29. The van der Waals surface area contributed by atoms with Crippen LogP contribution in [0.3, 0.4) is 0 Å². The van der Waals surface area contributed by atoms with Crippen molar-refractivity contribution in [1.29, 1.82) is 0 Å². The van der Waals surface area contributed by atoms with Gasteiger partial charge in [0, 0.05) is 43.2 Å². The summed E-state index contributed by atoms with van der Waals surface area (Å²) in [5.41, 5.74) is 0.787. The molecule has 4 rings (SSSR count). The van der Waals surface area contributed by atoms with Crippen molar-refractivity contribution in [3.05, 3.63) is 55.6 Å². The lowest BCUT2D eigenvalue weighted by molar-refractivity contribution is -0.143. The number of thioether (sulfide) groups is 1. The van der Waals surface area contributed by atoms with Crippen LogP contribution in [0.25, 0.3) is 0 Å². The summed E-state index contributed by atoms with van der Waals surface area (Å²) in [5.74, 6) is -1.23. The van der Waals surface area contributed by atoms with Crippen molar-refractivity contribution in [3.63, 3.8) is 0 Å². The van der Waals surface area contributed by atoms with Gasteiger partial charge in [0.1, 0.15) is 6.04 Å². The van der Waals surface area contributed by atoms with Gasteiger partial charge in [0.2, 0.25) is 17.7 Å². The second-order valence-corrected chi connectivity index (χ2v) is 13.8. The van der Waals surface area contributed by atoms with E-state index >= 15 is 0 Å². The largest absolute Gasteiger partial charge is 0.396 e. The summed E-state index contributed by atoms with van der Waals surface area (Å²) in [6.07, 6.45) is 10.2. The number of hydrogen-bond acceptors (Lipinski definition) is 5. The van der Waals surface area contributed by atoms with Gasteiger partial charge in [0.15, 0.2) is 0 Å². The number of unbranched alkanes of at least 4 members (excludes halogenated alkanes) is 4. The second-order valence-electron chi connectivity index (χ2n) is 11.9. The van der Waals surface area contributed by atoms with Crippen LogP contribution in [0, 0.1) is 11.8 Å². The van der Waals surface area contributed by atoms with Crippen molar-refractivity contribution in [1.82, 2.24) is 9.80 Å². The molecule has 0 aliphatic carbocycles. The van der Waals surface area contributed by atoms with E-state index in [0.29, 0.717) is 39.0 Å². The zero-order valence-corrected chi connectivity index (χ0v) is 25.6. The first-order valence-electron chi connectivity index (χ1n) is 15.3. The summed E-state index contributed by atoms with van der Waals surface area (Å²) in [6.45, 7) is 14.1. The first kappa shape index (κ1) is 31.4. The topological polar surface area (TPSA) is 81.2 Å². The van der Waals surface area contributed by atoms with Crippen LogP contribution >= 0.6 is 11.8 Å². The number of fused-ring (bicyclic) bond motifs is 1. The van der Waals surface area contributed by atoms with Crippen LogP contribution in [0.2, 0.25) is 0 Å². The van der Waals surface area contributed by atoms with E-state index in [1.807, 2.05) is 35.2 Å². The van der Waals surface area contributed by atoms with Gasteiger partial charge in [-0.2, -0.15) is 0 Å². The molecule has 3 saturated heterocycles.